The van der Waals surface area contributed by atoms with Crippen LogP contribution in [0, 0.1) is 0 Å². The van der Waals surface area contributed by atoms with Gasteiger partial charge in [0.2, 0.25) is 0 Å². The molecule has 0 aromatic rings. The summed E-state index contributed by atoms with van der Waals surface area (Å²) in [4.78, 5) is 12.1. The second-order valence-electron chi connectivity index (χ2n) is 2.80. The maximum absolute atomic E-state index is 10.6. The van der Waals surface area contributed by atoms with Crippen LogP contribution >= 0.6 is 0 Å². The van der Waals surface area contributed by atoms with E-state index in [1.165, 1.54) is 4.90 Å². The Kier molecular flexibility index (Phi) is 2.52. The lowest BCUT2D eigenvalue weighted by atomic mass is 10.1. The molecule has 0 spiro atoms. The van der Waals surface area contributed by atoms with Crippen LogP contribution in [0.15, 0.2) is 12.7 Å². The molecule has 11 heavy (non-hydrogen) atoms. The van der Waals surface area contributed by atoms with Crippen molar-refractivity contribution < 1.29 is 9.90 Å². The molecule has 0 aromatic carbocycles. The minimum absolute atomic E-state index is 0.185. The summed E-state index contributed by atoms with van der Waals surface area (Å²) in [6, 6.07) is 0.185. The van der Waals surface area contributed by atoms with Gasteiger partial charge in [0.15, 0.2) is 0 Å². The van der Waals surface area contributed by atoms with Crippen LogP contribution in [0.3, 0.4) is 0 Å². The van der Waals surface area contributed by atoms with E-state index in [1.54, 1.807) is 6.08 Å². The van der Waals surface area contributed by atoms with E-state index in [2.05, 4.69) is 6.58 Å². The van der Waals surface area contributed by atoms with Crippen molar-refractivity contribution in [2.24, 2.45) is 0 Å². The van der Waals surface area contributed by atoms with Gasteiger partial charge >= 0.3 is 6.09 Å². The van der Waals surface area contributed by atoms with E-state index in [0.717, 1.165) is 19.3 Å². The third-order valence-electron chi connectivity index (χ3n) is 2.06. The summed E-state index contributed by atoms with van der Waals surface area (Å²) in [5.74, 6) is 0. The number of hydrogen-bond donors (Lipinski definition) is 1. The Morgan fingerprint density at radius 2 is 2.55 bits per heavy atom. The molecule has 1 amide bonds. The van der Waals surface area contributed by atoms with Gasteiger partial charge in [-0.1, -0.05) is 6.08 Å². The summed E-state index contributed by atoms with van der Waals surface area (Å²) >= 11 is 0. The molecule has 62 valence electrons. The first kappa shape index (κ1) is 8.11. The first-order chi connectivity index (χ1) is 5.25. The Labute approximate surface area is 66.3 Å². The van der Waals surface area contributed by atoms with E-state index in [9.17, 15) is 4.79 Å². The molecule has 1 saturated heterocycles. The maximum atomic E-state index is 10.6. The van der Waals surface area contributed by atoms with Gasteiger partial charge in [-0.2, -0.15) is 0 Å². The van der Waals surface area contributed by atoms with Gasteiger partial charge in [0.1, 0.15) is 0 Å². The molecule has 3 heteroatoms. The van der Waals surface area contributed by atoms with Crippen molar-refractivity contribution in [1.82, 2.24) is 4.90 Å². The lowest BCUT2D eigenvalue weighted by Crippen LogP contribution is -2.33. The highest BCUT2D eigenvalue weighted by Crippen LogP contribution is 2.19. The van der Waals surface area contributed by atoms with Crippen molar-refractivity contribution in [3.63, 3.8) is 0 Å². The van der Waals surface area contributed by atoms with Gasteiger partial charge in [-0.05, 0) is 19.3 Å². The van der Waals surface area contributed by atoms with Crippen LogP contribution in [-0.4, -0.2) is 28.7 Å². The third-order valence-corrected chi connectivity index (χ3v) is 2.06. The van der Waals surface area contributed by atoms with Crippen molar-refractivity contribution in [2.45, 2.75) is 25.3 Å². The van der Waals surface area contributed by atoms with Crippen LogP contribution in [0.4, 0.5) is 4.79 Å². The highest BCUT2D eigenvalue weighted by Gasteiger charge is 2.26. The molecule has 0 aliphatic carbocycles. The number of amides is 1. The number of rotatable bonds is 2. The molecule has 1 aliphatic heterocycles. The van der Waals surface area contributed by atoms with Crippen LogP contribution in [0.1, 0.15) is 19.3 Å². The molecule has 1 heterocycles. The van der Waals surface area contributed by atoms with E-state index in [4.69, 9.17) is 5.11 Å². The van der Waals surface area contributed by atoms with E-state index >= 15 is 0 Å². The first-order valence-electron chi connectivity index (χ1n) is 3.86. The smallest absolute Gasteiger partial charge is 0.407 e. The van der Waals surface area contributed by atoms with E-state index < -0.39 is 6.09 Å². The summed E-state index contributed by atoms with van der Waals surface area (Å²) in [5.41, 5.74) is 0. The molecule has 1 aliphatic rings. The second kappa shape index (κ2) is 3.42. The Bertz CT molecular complexity index is 167. The van der Waals surface area contributed by atoms with Crippen molar-refractivity contribution in [1.29, 1.82) is 0 Å². The number of carboxylic acid groups (broad SMARTS) is 1. The summed E-state index contributed by atoms with van der Waals surface area (Å²) in [5, 5.41) is 8.70. The highest BCUT2D eigenvalue weighted by molar-refractivity contribution is 5.65. The number of hydrogen-bond acceptors (Lipinski definition) is 1. The molecule has 0 aromatic heterocycles. The van der Waals surface area contributed by atoms with Gasteiger partial charge < -0.3 is 10.0 Å². The van der Waals surface area contributed by atoms with Crippen LogP contribution < -0.4 is 0 Å². The van der Waals surface area contributed by atoms with Crippen molar-refractivity contribution >= 4 is 6.09 Å². The zero-order valence-corrected chi connectivity index (χ0v) is 6.49. The van der Waals surface area contributed by atoms with Gasteiger partial charge in [-0.3, -0.25) is 0 Å². The van der Waals surface area contributed by atoms with E-state index in [1.807, 2.05) is 0 Å². The zero-order chi connectivity index (χ0) is 8.27. The average Bonchev–Trinajstić information content (AvgIpc) is 2.36. The van der Waals surface area contributed by atoms with Crippen molar-refractivity contribution in [3.8, 4) is 0 Å². The summed E-state index contributed by atoms with van der Waals surface area (Å²) in [7, 11) is 0. The standard InChI is InChI=1S/C8H13NO2/c1-2-4-7-5-3-6-9(7)8(10)11/h2,7H,1,3-6H2,(H,10,11). The monoisotopic (exact) mass is 155 g/mol. The third kappa shape index (κ3) is 1.73. The fourth-order valence-corrected chi connectivity index (χ4v) is 1.52. The van der Waals surface area contributed by atoms with Crippen LogP contribution in [0.25, 0.3) is 0 Å². The van der Waals surface area contributed by atoms with Gasteiger partial charge in [0.05, 0.1) is 0 Å². The topological polar surface area (TPSA) is 40.5 Å². The lowest BCUT2D eigenvalue weighted by molar-refractivity contribution is 0.140. The zero-order valence-electron chi connectivity index (χ0n) is 6.49. The fraction of sp³-hybridized carbons (Fsp3) is 0.625. The largest absolute Gasteiger partial charge is 0.465 e. The Balaban J connectivity index is 2.50. The Morgan fingerprint density at radius 3 is 3.09 bits per heavy atom. The molecule has 3 nitrogen and oxygen atoms in total. The van der Waals surface area contributed by atoms with E-state index in [-0.39, 0.29) is 6.04 Å². The molecule has 0 saturated carbocycles. The molecule has 0 bridgehead atoms. The summed E-state index contributed by atoms with van der Waals surface area (Å²) in [6.45, 7) is 4.29. The Morgan fingerprint density at radius 1 is 1.82 bits per heavy atom. The molecule has 1 rings (SSSR count). The predicted molar refractivity (Wildman–Crippen MR) is 42.6 cm³/mol. The molecule has 0 radical (unpaired) electrons. The molecule has 1 atom stereocenters. The van der Waals surface area contributed by atoms with Crippen LogP contribution in [0.5, 0.6) is 0 Å². The van der Waals surface area contributed by atoms with Gasteiger partial charge in [0, 0.05) is 12.6 Å². The lowest BCUT2D eigenvalue weighted by Gasteiger charge is -2.19. The van der Waals surface area contributed by atoms with Crippen molar-refractivity contribution in [3.05, 3.63) is 12.7 Å². The predicted octanol–water partition coefficient (Wildman–Crippen LogP) is 1.70. The second-order valence-corrected chi connectivity index (χ2v) is 2.80. The molecule has 1 N–H and O–H groups in total. The van der Waals surface area contributed by atoms with Gasteiger partial charge in [-0.15, -0.1) is 6.58 Å². The minimum atomic E-state index is -0.797. The summed E-state index contributed by atoms with van der Waals surface area (Å²) < 4.78 is 0. The summed E-state index contributed by atoms with van der Waals surface area (Å²) in [6.07, 6.45) is 3.75. The highest BCUT2D eigenvalue weighted by atomic mass is 16.4. The molecule has 1 unspecified atom stereocenters. The van der Waals surface area contributed by atoms with Crippen LogP contribution in [-0.2, 0) is 0 Å². The first-order valence-corrected chi connectivity index (χ1v) is 3.86. The molecular formula is C8H13NO2. The Hall–Kier alpha value is -0.990. The van der Waals surface area contributed by atoms with Crippen LogP contribution in [0.2, 0.25) is 0 Å². The SMILES string of the molecule is C=CCC1CCCN1C(=O)O. The maximum Gasteiger partial charge on any atom is 0.407 e. The van der Waals surface area contributed by atoms with Gasteiger partial charge in [-0.25, -0.2) is 4.79 Å². The number of likely N-dealkylation sites (tertiary alicyclic amines) is 1. The number of carbonyl (C=O) groups is 1. The quantitative estimate of drug-likeness (QED) is 0.616. The van der Waals surface area contributed by atoms with Crippen molar-refractivity contribution in [2.75, 3.05) is 6.54 Å². The van der Waals surface area contributed by atoms with E-state index in [0.29, 0.717) is 6.54 Å². The normalized spacial score (nSPS) is 23.6. The number of nitrogens with zero attached hydrogens (tertiary/aromatic N) is 1. The fourth-order valence-electron chi connectivity index (χ4n) is 1.52. The molecular weight excluding hydrogens is 142 g/mol. The van der Waals surface area contributed by atoms with Gasteiger partial charge in [0.25, 0.3) is 0 Å². The molecule has 1 fully saturated rings. The minimum Gasteiger partial charge on any atom is -0.465 e. The average molecular weight is 155 g/mol.